The van der Waals surface area contributed by atoms with Crippen molar-refractivity contribution in [3.8, 4) is 0 Å². The topological polar surface area (TPSA) is 104 Å². The van der Waals surface area contributed by atoms with Crippen molar-refractivity contribution < 1.29 is 22.9 Å². The van der Waals surface area contributed by atoms with Gasteiger partial charge in [-0.2, -0.15) is 8.42 Å². The molecule has 0 aromatic carbocycles. The van der Waals surface area contributed by atoms with E-state index in [9.17, 15) is 22.9 Å². The van der Waals surface area contributed by atoms with E-state index < -0.39 is 28.0 Å². The van der Waals surface area contributed by atoms with Gasteiger partial charge in [0.25, 0.3) is 10.1 Å². The Morgan fingerprint density at radius 1 is 0.683 bits per heavy atom. The molecule has 0 bridgehead atoms. The van der Waals surface area contributed by atoms with Crippen molar-refractivity contribution in [3.05, 3.63) is 48.6 Å². The number of hydrogen-bond donors (Lipinski definition) is 3. The van der Waals surface area contributed by atoms with Gasteiger partial charge in [-0.1, -0.05) is 120 Å². The molecule has 2 unspecified atom stereocenters. The minimum atomic E-state index is -4.35. The maximum absolute atomic E-state index is 12.4. The maximum Gasteiger partial charge on any atom is 0.267 e. The van der Waals surface area contributed by atoms with Crippen molar-refractivity contribution in [3.63, 3.8) is 0 Å². The number of aliphatic hydroxyl groups excluding tert-OH is 1. The highest BCUT2D eigenvalue weighted by molar-refractivity contribution is 7.85. The molecule has 2 atom stereocenters. The Kier molecular flexibility index (Phi) is 27.2. The molecule has 1 amide bonds. The molecule has 0 saturated carbocycles. The highest BCUT2D eigenvalue weighted by Gasteiger charge is 2.24. The fraction of sp³-hybridized carbons (Fsp3) is 0.735. The Morgan fingerprint density at radius 3 is 1.68 bits per heavy atom. The lowest BCUT2D eigenvalue weighted by molar-refractivity contribution is -0.122. The van der Waals surface area contributed by atoms with E-state index in [4.69, 9.17) is 0 Å². The first-order valence-corrected chi connectivity index (χ1v) is 17.9. The molecule has 0 saturated heterocycles. The van der Waals surface area contributed by atoms with Gasteiger partial charge in [0.15, 0.2) is 0 Å². The third kappa shape index (κ3) is 29.6. The SMILES string of the molecule is C/C=C/CC/C=C/CC/C=C/C(O)C(CS(=O)(=O)O)NC(=O)CCCCCCCCC/C=C\CCCCCCCC. The molecule has 41 heavy (non-hydrogen) atoms. The van der Waals surface area contributed by atoms with Gasteiger partial charge in [-0.25, -0.2) is 0 Å². The summed E-state index contributed by atoms with van der Waals surface area (Å²) >= 11 is 0. The van der Waals surface area contributed by atoms with Gasteiger partial charge >= 0.3 is 0 Å². The first kappa shape index (κ1) is 39.3. The highest BCUT2D eigenvalue weighted by Crippen LogP contribution is 2.12. The zero-order chi connectivity index (χ0) is 30.4. The molecule has 0 aliphatic carbocycles. The predicted molar refractivity (Wildman–Crippen MR) is 175 cm³/mol. The second-order valence-electron chi connectivity index (χ2n) is 11.1. The van der Waals surface area contributed by atoms with E-state index in [1.54, 1.807) is 6.08 Å². The van der Waals surface area contributed by atoms with Crippen LogP contribution >= 0.6 is 0 Å². The summed E-state index contributed by atoms with van der Waals surface area (Å²) in [6.45, 7) is 4.25. The monoisotopic (exact) mass is 595 g/mol. The molecule has 0 rings (SSSR count). The van der Waals surface area contributed by atoms with E-state index >= 15 is 0 Å². The van der Waals surface area contributed by atoms with E-state index in [0.29, 0.717) is 6.42 Å². The average Bonchev–Trinajstić information content (AvgIpc) is 2.92. The molecule has 6 nitrogen and oxygen atoms in total. The number of amides is 1. The minimum Gasteiger partial charge on any atom is -0.387 e. The maximum atomic E-state index is 12.4. The van der Waals surface area contributed by atoms with Gasteiger partial charge in [-0.15, -0.1) is 0 Å². The lowest BCUT2D eigenvalue weighted by atomic mass is 10.1. The van der Waals surface area contributed by atoms with Gasteiger partial charge in [0.1, 0.15) is 0 Å². The summed E-state index contributed by atoms with van der Waals surface area (Å²) in [7, 11) is -4.35. The molecule has 238 valence electrons. The van der Waals surface area contributed by atoms with Crippen molar-refractivity contribution in [2.45, 2.75) is 154 Å². The number of allylic oxidation sites excluding steroid dienone is 7. The van der Waals surface area contributed by atoms with Crippen molar-refractivity contribution in [2.75, 3.05) is 5.75 Å². The molecule has 0 radical (unpaired) electrons. The number of hydrogen-bond acceptors (Lipinski definition) is 4. The molecule has 3 N–H and O–H groups in total. The van der Waals surface area contributed by atoms with Gasteiger partial charge in [-0.3, -0.25) is 9.35 Å². The smallest absolute Gasteiger partial charge is 0.267 e. The Bertz CT molecular complexity index is 832. The van der Waals surface area contributed by atoms with Crippen molar-refractivity contribution >= 4 is 16.0 Å². The summed E-state index contributed by atoms with van der Waals surface area (Å²) in [6.07, 6.45) is 36.9. The lowest BCUT2D eigenvalue weighted by Crippen LogP contribution is -2.46. The van der Waals surface area contributed by atoms with Crippen LogP contribution in [-0.2, 0) is 14.9 Å². The van der Waals surface area contributed by atoms with Gasteiger partial charge in [-0.05, 0) is 64.7 Å². The van der Waals surface area contributed by atoms with Crippen LogP contribution in [0.25, 0.3) is 0 Å². The van der Waals surface area contributed by atoms with Crippen LogP contribution in [0, 0.1) is 0 Å². The first-order valence-electron chi connectivity index (χ1n) is 16.3. The molecule has 7 heteroatoms. The molecule has 0 aliphatic rings. The standard InChI is InChI=1S/C34H61NO5S/c1-3-5-7-9-11-13-14-15-16-17-18-19-20-22-24-26-28-30-34(37)35-32(31-41(38,39)40)33(36)29-27-25-23-21-12-10-8-6-4-2/h4,6,12,15-16,21,27,29,32-33,36H,3,5,7-11,13-14,17-20,22-26,28,30-31H2,1-2H3,(H,35,37)(H,38,39,40)/b6-4+,16-15-,21-12+,29-27+. The lowest BCUT2D eigenvalue weighted by Gasteiger charge is -2.21. The van der Waals surface area contributed by atoms with Crippen LogP contribution in [0.4, 0.5) is 0 Å². The van der Waals surface area contributed by atoms with Gasteiger partial charge in [0.2, 0.25) is 5.91 Å². The van der Waals surface area contributed by atoms with E-state index in [2.05, 4.69) is 42.6 Å². The largest absolute Gasteiger partial charge is 0.387 e. The third-order valence-electron chi connectivity index (χ3n) is 7.05. The summed E-state index contributed by atoms with van der Waals surface area (Å²) in [5.74, 6) is -1.02. The number of rotatable bonds is 28. The normalized spacial score (nSPS) is 14.1. The summed E-state index contributed by atoms with van der Waals surface area (Å²) in [5, 5.41) is 13.0. The third-order valence-corrected chi connectivity index (χ3v) is 7.83. The van der Waals surface area contributed by atoms with Crippen LogP contribution in [0.2, 0.25) is 0 Å². The molecular formula is C34H61NO5S. The average molecular weight is 596 g/mol. The van der Waals surface area contributed by atoms with E-state index in [1.165, 1.54) is 70.3 Å². The molecule has 0 spiro atoms. The number of unbranched alkanes of at least 4 members (excludes halogenated alkanes) is 15. The second kappa shape index (κ2) is 28.4. The van der Waals surface area contributed by atoms with Crippen LogP contribution in [-0.4, -0.2) is 41.9 Å². The molecular weight excluding hydrogens is 534 g/mol. The summed E-state index contributed by atoms with van der Waals surface area (Å²) in [6, 6.07) is -1.08. The second-order valence-corrected chi connectivity index (χ2v) is 12.6. The van der Waals surface area contributed by atoms with Crippen molar-refractivity contribution in [1.82, 2.24) is 5.32 Å². The number of nitrogens with one attached hydrogen (secondary N) is 1. The van der Waals surface area contributed by atoms with Crippen molar-refractivity contribution in [1.29, 1.82) is 0 Å². The van der Waals surface area contributed by atoms with Gasteiger partial charge in [0, 0.05) is 6.42 Å². The fourth-order valence-corrected chi connectivity index (χ4v) is 5.33. The van der Waals surface area contributed by atoms with Crippen LogP contribution in [0.1, 0.15) is 142 Å². The quantitative estimate of drug-likeness (QED) is 0.0476. The van der Waals surface area contributed by atoms with Crippen LogP contribution in [0.5, 0.6) is 0 Å². The van der Waals surface area contributed by atoms with Crippen LogP contribution < -0.4 is 5.32 Å². The Labute approximate surface area is 252 Å². The number of aliphatic hydroxyl groups is 1. The molecule has 0 aromatic heterocycles. The zero-order valence-corrected chi connectivity index (χ0v) is 27.0. The number of carbonyl (C=O) groups excluding carboxylic acids is 1. The summed E-state index contributed by atoms with van der Waals surface area (Å²) in [4.78, 5) is 12.4. The van der Waals surface area contributed by atoms with Gasteiger partial charge < -0.3 is 10.4 Å². The van der Waals surface area contributed by atoms with Gasteiger partial charge in [0.05, 0.1) is 17.9 Å². The Morgan fingerprint density at radius 2 is 1.15 bits per heavy atom. The van der Waals surface area contributed by atoms with E-state index in [0.717, 1.165) is 51.4 Å². The molecule has 0 aromatic rings. The minimum absolute atomic E-state index is 0.278. The Hall–Kier alpha value is -1.70. The molecule has 0 aliphatic heterocycles. The predicted octanol–water partition coefficient (Wildman–Crippen LogP) is 8.79. The molecule has 0 heterocycles. The van der Waals surface area contributed by atoms with Crippen LogP contribution in [0.15, 0.2) is 48.6 Å². The summed E-state index contributed by atoms with van der Waals surface area (Å²) in [5.41, 5.74) is 0. The summed E-state index contributed by atoms with van der Waals surface area (Å²) < 4.78 is 32.1. The number of carbonyl (C=O) groups is 1. The fourth-order valence-electron chi connectivity index (χ4n) is 4.60. The van der Waals surface area contributed by atoms with E-state index in [1.807, 2.05) is 13.0 Å². The molecule has 0 fully saturated rings. The van der Waals surface area contributed by atoms with E-state index in [-0.39, 0.29) is 12.3 Å². The van der Waals surface area contributed by atoms with Crippen LogP contribution in [0.3, 0.4) is 0 Å². The first-order chi connectivity index (χ1) is 19.8. The zero-order valence-electron chi connectivity index (χ0n) is 26.2. The Balaban J connectivity index is 4.02. The highest BCUT2D eigenvalue weighted by atomic mass is 32.2. The van der Waals surface area contributed by atoms with Crippen molar-refractivity contribution in [2.24, 2.45) is 0 Å².